The zero-order valence-corrected chi connectivity index (χ0v) is 10.1. The Labute approximate surface area is 90.9 Å². The smallest absolute Gasteiger partial charge is 1.00 e. The third-order valence-electron chi connectivity index (χ3n) is 0.962. The molecule has 0 saturated carbocycles. The average molecular weight is 209 g/mol. The third kappa shape index (κ3) is 3.13. The molecule has 10 heavy (non-hydrogen) atoms. The van der Waals surface area contributed by atoms with Gasteiger partial charge >= 0.3 is 91.6 Å². The molecule has 2 nitrogen and oxygen atoms in total. The molecule has 0 spiro atoms. The summed E-state index contributed by atoms with van der Waals surface area (Å²) in [7, 11) is 0. The van der Waals surface area contributed by atoms with Crippen molar-refractivity contribution in [2.45, 2.75) is 13.8 Å². The fourth-order valence-corrected chi connectivity index (χ4v) is 1.30. The summed E-state index contributed by atoms with van der Waals surface area (Å²) in [5, 5.41) is 0. The minimum absolute atomic E-state index is 0. The van der Waals surface area contributed by atoms with Crippen LogP contribution in [0.25, 0.3) is 0 Å². The Kier molecular flexibility index (Phi) is 4.74. The van der Waals surface area contributed by atoms with E-state index < -0.39 is 0 Å². The summed E-state index contributed by atoms with van der Waals surface area (Å²) in [5.41, 5.74) is 2.02. The maximum Gasteiger partial charge on any atom is 1.00 e. The molecule has 48 valence electrons. The summed E-state index contributed by atoms with van der Waals surface area (Å²) in [6.45, 7) is 3.91. The van der Waals surface area contributed by atoms with E-state index in [1.165, 1.54) is 0 Å². The van der Waals surface area contributed by atoms with Crippen molar-refractivity contribution in [3.8, 4) is 0 Å². The molecule has 0 unspecified atom stereocenters. The van der Waals surface area contributed by atoms with Gasteiger partial charge in [0.15, 0.2) is 0 Å². The van der Waals surface area contributed by atoms with E-state index in [-0.39, 0.29) is 29.6 Å². The molecular weight excluding hydrogens is 202 g/mol. The van der Waals surface area contributed by atoms with E-state index in [1.807, 2.05) is 19.9 Å². The van der Waals surface area contributed by atoms with E-state index in [1.54, 1.807) is 0 Å². The van der Waals surface area contributed by atoms with Crippen LogP contribution >= 0.6 is 0 Å². The van der Waals surface area contributed by atoms with Gasteiger partial charge in [0.05, 0.1) is 0 Å². The number of rotatable bonds is 0. The van der Waals surface area contributed by atoms with Gasteiger partial charge in [-0.3, -0.25) is 0 Å². The molecule has 4 heteroatoms. The second-order valence-electron chi connectivity index (χ2n) is 1.93. The Hall–Kier alpha value is 0.599. The minimum atomic E-state index is 0. The SMILES string of the molecule is Cc1cc(C)nc([Se-])n1.[Na+]. The molecule has 0 fully saturated rings. The Morgan fingerprint density at radius 2 is 1.60 bits per heavy atom. The Morgan fingerprint density at radius 1 is 1.20 bits per heavy atom. The molecule has 0 aliphatic carbocycles. The normalized spacial score (nSPS) is 8.60. The fraction of sp³-hybridized carbons (Fsp3) is 0.333. The Balaban J connectivity index is 0.000000810. The van der Waals surface area contributed by atoms with Gasteiger partial charge in [-0.2, -0.15) is 0 Å². The molecule has 0 aromatic carbocycles. The van der Waals surface area contributed by atoms with E-state index in [0.29, 0.717) is 0 Å². The van der Waals surface area contributed by atoms with Gasteiger partial charge in [-0.15, -0.1) is 0 Å². The molecule has 1 aromatic heterocycles. The first kappa shape index (κ1) is 10.6. The van der Waals surface area contributed by atoms with Gasteiger partial charge in [-0.05, 0) is 0 Å². The maximum atomic E-state index is 4.07. The van der Waals surface area contributed by atoms with Crippen LogP contribution in [0.5, 0.6) is 0 Å². The van der Waals surface area contributed by atoms with E-state index in [2.05, 4.69) is 26.0 Å². The number of aryl methyl sites for hydroxylation is 2. The van der Waals surface area contributed by atoms with Crippen LogP contribution < -0.4 is 34.3 Å². The van der Waals surface area contributed by atoms with Gasteiger partial charge < -0.3 is 0 Å². The summed E-state index contributed by atoms with van der Waals surface area (Å²) in [4.78, 5) is 8.14. The summed E-state index contributed by atoms with van der Waals surface area (Å²) < 4.78 is 0.729. The zero-order chi connectivity index (χ0) is 6.85. The predicted molar refractivity (Wildman–Crippen MR) is 36.9 cm³/mol. The largest absolute Gasteiger partial charge is 1.00 e. The number of aromatic nitrogens is 2. The first-order valence-electron chi connectivity index (χ1n) is 2.68. The van der Waals surface area contributed by atoms with E-state index >= 15 is 0 Å². The van der Waals surface area contributed by atoms with Crippen molar-refractivity contribution < 1.29 is 29.6 Å². The average Bonchev–Trinajstić information content (AvgIpc) is 1.59. The summed E-state index contributed by atoms with van der Waals surface area (Å²) in [6, 6.07) is 1.95. The second kappa shape index (κ2) is 4.47. The first-order chi connectivity index (χ1) is 4.18. The molecule has 1 aromatic rings. The molecule has 0 aliphatic heterocycles. The van der Waals surface area contributed by atoms with Crippen LogP contribution in [0.15, 0.2) is 6.07 Å². The second-order valence-corrected chi connectivity index (χ2v) is 2.70. The van der Waals surface area contributed by atoms with Gasteiger partial charge in [0.2, 0.25) is 0 Å². The van der Waals surface area contributed by atoms with Crippen molar-refractivity contribution in [2.75, 3.05) is 0 Å². The molecule has 0 saturated heterocycles. The molecule has 0 aliphatic rings. The molecular formula is C6H7N2NaSe. The third-order valence-corrected chi connectivity index (χ3v) is 1.34. The molecule has 1 rings (SSSR count). The van der Waals surface area contributed by atoms with Crippen LogP contribution in [0, 0.1) is 13.8 Å². The fourth-order valence-electron chi connectivity index (χ4n) is 0.694. The molecule has 0 bridgehead atoms. The van der Waals surface area contributed by atoms with Crippen molar-refractivity contribution >= 4 is 20.7 Å². The first-order valence-corrected chi connectivity index (χ1v) is 3.53. The van der Waals surface area contributed by atoms with Gasteiger partial charge in [-0.25, -0.2) is 0 Å². The summed E-state index contributed by atoms with van der Waals surface area (Å²) in [5.74, 6) is 0. The summed E-state index contributed by atoms with van der Waals surface area (Å²) >= 11 is 2.76. The van der Waals surface area contributed by atoms with Crippen molar-refractivity contribution in [3.05, 3.63) is 17.5 Å². The van der Waals surface area contributed by atoms with Crippen LogP contribution in [0.1, 0.15) is 11.4 Å². The van der Waals surface area contributed by atoms with Crippen LogP contribution in [0.3, 0.4) is 0 Å². The van der Waals surface area contributed by atoms with Crippen molar-refractivity contribution in [1.82, 2.24) is 9.97 Å². The zero-order valence-electron chi connectivity index (χ0n) is 6.38. The Bertz CT molecular complexity index is 177. The molecule has 0 atom stereocenters. The van der Waals surface area contributed by atoms with Crippen LogP contribution in [-0.2, 0) is 0 Å². The van der Waals surface area contributed by atoms with Crippen molar-refractivity contribution in [2.24, 2.45) is 0 Å². The monoisotopic (exact) mass is 210 g/mol. The molecule has 1 heterocycles. The Morgan fingerprint density at radius 3 is 1.90 bits per heavy atom. The van der Waals surface area contributed by atoms with E-state index in [0.717, 1.165) is 16.1 Å². The predicted octanol–water partition coefficient (Wildman–Crippen LogP) is -3.11. The van der Waals surface area contributed by atoms with Crippen LogP contribution in [0.2, 0.25) is 0 Å². The van der Waals surface area contributed by atoms with Gasteiger partial charge in [-0.1, -0.05) is 0 Å². The minimum Gasteiger partial charge on any atom is 1.00 e. The standard InChI is InChI=1S/C6H8N2Se.Na/c1-4-3-5(2)8-6(9)7-4;/h3H,1-2H3,(H,7,8,9);/q;+1/p-1. The van der Waals surface area contributed by atoms with Crippen molar-refractivity contribution in [3.63, 3.8) is 0 Å². The number of hydrogen-bond donors (Lipinski definition) is 0. The van der Waals surface area contributed by atoms with E-state index in [4.69, 9.17) is 0 Å². The van der Waals surface area contributed by atoms with E-state index in [9.17, 15) is 0 Å². The number of nitrogens with zero attached hydrogens (tertiary/aromatic N) is 2. The van der Waals surface area contributed by atoms with Gasteiger partial charge in [0, 0.05) is 0 Å². The van der Waals surface area contributed by atoms with Gasteiger partial charge in [0.1, 0.15) is 0 Å². The molecule has 0 radical (unpaired) electrons. The number of hydrogen-bond acceptors (Lipinski definition) is 2. The maximum absolute atomic E-state index is 4.07. The van der Waals surface area contributed by atoms with Crippen LogP contribution in [-0.4, -0.2) is 26.0 Å². The van der Waals surface area contributed by atoms with Crippen molar-refractivity contribution in [1.29, 1.82) is 0 Å². The van der Waals surface area contributed by atoms with Crippen LogP contribution in [0.4, 0.5) is 0 Å². The molecule has 0 amide bonds. The quantitative estimate of drug-likeness (QED) is 0.423. The summed E-state index contributed by atoms with van der Waals surface area (Å²) in [6.07, 6.45) is 0. The van der Waals surface area contributed by atoms with Gasteiger partial charge in [0.25, 0.3) is 0 Å². The molecule has 0 N–H and O–H groups in total. The topological polar surface area (TPSA) is 25.8 Å².